The fourth-order valence-electron chi connectivity index (χ4n) is 2.73. The molecule has 3 nitrogen and oxygen atoms in total. The van der Waals surface area contributed by atoms with Crippen LogP contribution in [0.1, 0.15) is 31.2 Å². The van der Waals surface area contributed by atoms with E-state index >= 15 is 0 Å². The maximum atomic E-state index is 10.0. The molecule has 1 aromatic carbocycles. The first-order chi connectivity index (χ1) is 8.74. The number of methoxy groups -OCH3 is 2. The molecule has 0 bridgehead atoms. The topological polar surface area (TPSA) is 38.7 Å². The van der Waals surface area contributed by atoms with Gasteiger partial charge in [0.15, 0.2) is 0 Å². The summed E-state index contributed by atoms with van der Waals surface area (Å²) in [4.78, 5) is 0. The van der Waals surface area contributed by atoms with Crippen LogP contribution in [-0.2, 0) is 6.42 Å². The summed E-state index contributed by atoms with van der Waals surface area (Å²) >= 11 is 0. The van der Waals surface area contributed by atoms with Crippen LogP contribution >= 0.6 is 0 Å². The number of aliphatic hydroxyl groups excluding tert-OH is 1. The second kappa shape index (κ2) is 6.10. The molecule has 1 aliphatic carbocycles. The summed E-state index contributed by atoms with van der Waals surface area (Å²) in [7, 11) is 3.33. The molecule has 1 aromatic rings. The lowest BCUT2D eigenvalue weighted by molar-refractivity contribution is 0.0697. The first kappa shape index (κ1) is 13.2. The fraction of sp³-hybridized carbons (Fsp3) is 0.600. The van der Waals surface area contributed by atoms with Crippen LogP contribution in [0.5, 0.6) is 11.5 Å². The van der Waals surface area contributed by atoms with Crippen LogP contribution < -0.4 is 9.47 Å². The van der Waals surface area contributed by atoms with Crippen molar-refractivity contribution in [3.05, 3.63) is 23.8 Å². The molecule has 2 unspecified atom stereocenters. The first-order valence-electron chi connectivity index (χ1n) is 6.63. The molecular formula is C15H22O3. The summed E-state index contributed by atoms with van der Waals surface area (Å²) in [6.45, 7) is 0. The van der Waals surface area contributed by atoms with Crippen LogP contribution in [0.25, 0.3) is 0 Å². The van der Waals surface area contributed by atoms with E-state index in [2.05, 4.69) is 0 Å². The van der Waals surface area contributed by atoms with Gasteiger partial charge in [-0.15, -0.1) is 0 Å². The Hall–Kier alpha value is -1.22. The van der Waals surface area contributed by atoms with E-state index in [4.69, 9.17) is 9.47 Å². The molecule has 1 fully saturated rings. The highest BCUT2D eigenvalue weighted by Gasteiger charge is 2.24. The van der Waals surface area contributed by atoms with E-state index < -0.39 is 0 Å². The molecule has 0 radical (unpaired) electrons. The van der Waals surface area contributed by atoms with Crippen molar-refractivity contribution in [2.45, 2.75) is 38.2 Å². The van der Waals surface area contributed by atoms with E-state index in [9.17, 15) is 5.11 Å². The van der Waals surface area contributed by atoms with Gasteiger partial charge in [-0.05, 0) is 36.8 Å². The van der Waals surface area contributed by atoms with Crippen LogP contribution in [0.4, 0.5) is 0 Å². The number of hydrogen-bond acceptors (Lipinski definition) is 3. The molecule has 0 amide bonds. The Kier molecular flexibility index (Phi) is 4.48. The number of benzene rings is 1. The zero-order valence-electron chi connectivity index (χ0n) is 11.2. The second-order valence-corrected chi connectivity index (χ2v) is 4.99. The molecule has 0 aromatic heterocycles. The third kappa shape index (κ3) is 2.96. The molecule has 0 saturated heterocycles. The van der Waals surface area contributed by atoms with Gasteiger partial charge in [-0.3, -0.25) is 0 Å². The first-order valence-corrected chi connectivity index (χ1v) is 6.63. The molecule has 18 heavy (non-hydrogen) atoms. The van der Waals surface area contributed by atoms with Gasteiger partial charge < -0.3 is 14.6 Å². The molecular weight excluding hydrogens is 228 g/mol. The highest BCUT2D eigenvalue weighted by atomic mass is 16.5. The van der Waals surface area contributed by atoms with E-state index in [0.717, 1.165) is 42.7 Å². The van der Waals surface area contributed by atoms with Gasteiger partial charge in [0.25, 0.3) is 0 Å². The van der Waals surface area contributed by atoms with Crippen molar-refractivity contribution >= 4 is 0 Å². The summed E-state index contributed by atoms with van der Waals surface area (Å²) in [6, 6.07) is 5.90. The molecule has 0 spiro atoms. The smallest absolute Gasteiger partial charge is 0.125 e. The van der Waals surface area contributed by atoms with Crippen molar-refractivity contribution in [2.24, 2.45) is 5.92 Å². The van der Waals surface area contributed by atoms with Gasteiger partial charge in [-0.1, -0.05) is 18.9 Å². The average Bonchev–Trinajstić information content (AvgIpc) is 2.41. The number of rotatable bonds is 4. The molecule has 2 atom stereocenters. The van der Waals surface area contributed by atoms with E-state index in [1.54, 1.807) is 14.2 Å². The molecule has 0 aliphatic heterocycles. The number of hydrogen-bond donors (Lipinski definition) is 1. The third-order valence-corrected chi connectivity index (χ3v) is 3.85. The van der Waals surface area contributed by atoms with Gasteiger partial charge >= 0.3 is 0 Å². The standard InChI is InChI=1S/C15H22O3/c1-17-13-8-7-12(15(10-13)18-2)9-11-5-3-4-6-14(11)16/h7-8,10-11,14,16H,3-6,9H2,1-2H3. The average molecular weight is 250 g/mol. The molecule has 3 heteroatoms. The van der Waals surface area contributed by atoms with Crippen LogP contribution in [0.15, 0.2) is 18.2 Å². The van der Waals surface area contributed by atoms with Crippen molar-refractivity contribution in [1.29, 1.82) is 0 Å². The van der Waals surface area contributed by atoms with E-state index in [1.165, 1.54) is 6.42 Å². The lowest BCUT2D eigenvalue weighted by atomic mass is 9.82. The summed E-state index contributed by atoms with van der Waals surface area (Å²) in [6.07, 6.45) is 5.14. The second-order valence-electron chi connectivity index (χ2n) is 4.99. The number of ether oxygens (including phenoxy) is 2. The monoisotopic (exact) mass is 250 g/mol. The van der Waals surface area contributed by atoms with Gasteiger partial charge in [0.05, 0.1) is 20.3 Å². The van der Waals surface area contributed by atoms with Gasteiger partial charge in [0.1, 0.15) is 11.5 Å². The summed E-state index contributed by atoms with van der Waals surface area (Å²) < 4.78 is 10.6. The zero-order chi connectivity index (χ0) is 13.0. The number of aliphatic hydroxyl groups is 1. The molecule has 100 valence electrons. The van der Waals surface area contributed by atoms with Crippen molar-refractivity contribution in [3.63, 3.8) is 0 Å². The summed E-state index contributed by atoms with van der Waals surface area (Å²) in [5, 5.41) is 10.0. The Labute approximate surface area is 109 Å². The highest BCUT2D eigenvalue weighted by molar-refractivity contribution is 5.41. The van der Waals surface area contributed by atoms with E-state index in [1.807, 2.05) is 18.2 Å². The molecule has 1 N–H and O–H groups in total. The molecule has 1 aliphatic rings. The maximum Gasteiger partial charge on any atom is 0.125 e. The van der Waals surface area contributed by atoms with Crippen LogP contribution in [0.3, 0.4) is 0 Å². The predicted octanol–water partition coefficient (Wildman–Crippen LogP) is 2.80. The zero-order valence-corrected chi connectivity index (χ0v) is 11.2. The Morgan fingerprint density at radius 2 is 1.94 bits per heavy atom. The predicted molar refractivity (Wildman–Crippen MR) is 71.2 cm³/mol. The van der Waals surface area contributed by atoms with Crippen LogP contribution in [-0.4, -0.2) is 25.4 Å². The fourth-order valence-corrected chi connectivity index (χ4v) is 2.73. The van der Waals surface area contributed by atoms with Crippen LogP contribution in [0, 0.1) is 5.92 Å². The largest absolute Gasteiger partial charge is 0.497 e. The SMILES string of the molecule is COc1ccc(CC2CCCCC2O)c(OC)c1. The Morgan fingerprint density at radius 3 is 2.61 bits per heavy atom. The molecule has 2 rings (SSSR count). The lowest BCUT2D eigenvalue weighted by Gasteiger charge is -2.28. The van der Waals surface area contributed by atoms with Gasteiger partial charge in [-0.25, -0.2) is 0 Å². The Balaban J connectivity index is 2.12. The van der Waals surface area contributed by atoms with Crippen molar-refractivity contribution in [2.75, 3.05) is 14.2 Å². The van der Waals surface area contributed by atoms with Gasteiger partial charge in [0.2, 0.25) is 0 Å². The van der Waals surface area contributed by atoms with E-state index in [-0.39, 0.29) is 6.10 Å². The Morgan fingerprint density at radius 1 is 1.17 bits per heavy atom. The normalized spacial score (nSPS) is 23.7. The van der Waals surface area contributed by atoms with Crippen molar-refractivity contribution < 1.29 is 14.6 Å². The maximum absolute atomic E-state index is 10.0. The van der Waals surface area contributed by atoms with E-state index in [0.29, 0.717) is 5.92 Å². The third-order valence-electron chi connectivity index (χ3n) is 3.85. The minimum atomic E-state index is -0.162. The minimum Gasteiger partial charge on any atom is -0.497 e. The molecule has 1 saturated carbocycles. The van der Waals surface area contributed by atoms with Gasteiger partial charge in [-0.2, -0.15) is 0 Å². The van der Waals surface area contributed by atoms with Crippen molar-refractivity contribution in [3.8, 4) is 11.5 Å². The quantitative estimate of drug-likeness (QED) is 0.893. The lowest BCUT2D eigenvalue weighted by Crippen LogP contribution is -2.26. The summed E-state index contributed by atoms with van der Waals surface area (Å²) in [5.41, 5.74) is 1.16. The summed E-state index contributed by atoms with van der Waals surface area (Å²) in [5.74, 6) is 2.02. The van der Waals surface area contributed by atoms with Crippen LogP contribution in [0.2, 0.25) is 0 Å². The highest BCUT2D eigenvalue weighted by Crippen LogP contribution is 2.32. The van der Waals surface area contributed by atoms with Crippen molar-refractivity contribution in [1.82, 2.24) is 0 Å². The molecule has 0 heterocycles. The Bertz CT molecular complexity index is 389. The minimum absolute atomic E-state index is 0.162. The van der Waals surface area contributed by atoms with Gasteiger partial charge in [0, 0.05) is 6.07 Å².